The molecule has 2 aliphatic rings. The Kier molecular flexibility index (Phi) is 1.27. The highest BCUT2D eigenvalue weighted by Gasteiger charge is 2.24. The fourth-order valence-corrected chi connectivity index (χ4v) is 3.09. The van der Waals surface area contributed by atoms with Crippen LogP contribution in [0.2, 0.25) is 0 Å². The number of rotatable bonds is 0. The van der Waals surface area contributed by atoms with E-state index in [0.29, 0.717) is 10.6 Å². The number of hydrogen-bond donors (Lipinski definition) is 1. The quantitative estimate of drug-likeness (QED) is 0.714. The van der Waals surface area contributed by atoms with Gasteiger partial charge in [-0.25, -0.2) is 8.42 Å². The number of benzene rings is 2. The number of sulfonamides is 1. The summed E-state index contributed by atoms with van der Waals surface area (Å²) in [6.07, 6.45) is 0. The van der Waals surface area contributed by atoms with Crippen molar-refractivity contribution in [3.8, 4) is 0 Å². The van der Waals surface area contributed by atoms with Crippen LogP contribution in [0, 0.1) is 0 Å². The number of anilines is 1. The molecule has 2 aliphatic heterocycles. The second kappa shape index (κ2) is 2.27. The van der Waals surface area contributed by atoms with E-state index in [2.05, 4.69) is 4.72 Å². The Morgan fingerprint density at radius 2 is 1.64 bits per heavy atom. The van der Waals surface area contributed by atoms with Crippen molar-refractivity contribution in [3.63, 3.8) is 0 Å². The molecule has 2 aromatic rings. The Morgan fingerprint density at radius 1 is 0.929 bits per heavy atom. The monoisotopic (exact) mass is 205 g/mol. The summed E-state index contributed by atoms with van der Waals surface area (Å²) in [5.41, 5.74) is 0.663. The molecule has 2 aromatic carbocycles. The van der Waals surface area contributed by atoms with E-state index in [1.165, 1.54) is 0 Å². The third kappa shape index (κ3) is 0.834. The molecule has 2 bridgehead atoms. The minimum atomic E-state index is -3.29. The zero-order valence-electron chi connectivity index (χ0n) is 7.19. The van der Waals surface area contributed by atoms with Crippen LogP contribution in [0.3, 0.4) is 0 Å². The van der Waals surface area contributed by atoms with Gasteiger partial charge in [-0.1, -0.05) is 24.3 Å². The van der Waals surface area contributed by atoms with Crippen LogP contribution in [-0.2, 0) is 10.0 Å². The molecule has 0 amide bonds. The lowest BCUT2D eigenvalue weighted by Crippen LogP contribution is -2.18. The summed E-state index contributed by atoms with van der Waals surface area (Å²) in [7, 11) is -3.29. The van der Waals surface area contributed by atoms with E-state index in [1.807, 2.05) is 24.3 Å². The lowest BCUT2D eigenvalue weighted by molar-refractivity contribution is 0.601. The van der Waals surface area contributed by atoms with Gasteiger partial charge in [0, 0.05) is 10.8 Å². The van der Waals surface area contributed by atoms with Gasteiger partial charge < -0.3 is 0 Å². The average Bonchev–Trinajstić information content (AvgIpc) is 2.17. The summed E-state index contributed by atoms with van der Waals surface area (Å²) < 4.78 is 25.7. The minimum Gasteiger partial charge on any atom is -0.279 e. The summed E-state index contributed by atoms with van der Waals surface area (Å²) in [6, 6.07) is 10.9. The Morgan fingerprint density at radius 3 is 2.36 bits per heavy atom. The highest BCUT2D eigenvalue weighted by molar-refractivity contribution is 7.93. The first kappa shape index (κ1) is 7.82. The molecule has 0 aliphatic carbocycles. The maximum Gasteiger partial charge on any atom is 0.262 e. The smallest absolute Gasteiger partial charge is 0.262 e. The van der Waals surface area contributed by atoms with Gasteiger partial charge in [-0.15, -0.1) is 0 Å². The molecule has 2 heterocycles. The summed E-state index contributed by atoms with van der Waals surface area (Å²) in [4.78, 5) is 0.364. The van der Waals surface area contributed by atoms with Crippen molar-refractivity contribution in [2.75, 3.05) is 4.72 Å². The van der Waals surface area contributed by atoms with Crippen LogP contribution in [0.1, 0.15) is 0 Å². The van der Waals surface area contributed by atoms with E-state index in [-0.39, 0.29) is 0 Å². The highest BCUT2D eigenvalue weighted by atomic mass is 32.2. The Labute approximate surface area is 81.4 Å². The normalized spacial score (nSPS) is 16.9. The first-order chi connectivity index (χ1) is 6.68. The van der Waals surface area contributed by atoms with Gasteiger partial charge in [-0.2, -0.15) is 0 Å². The van der Waals surface area contributed by atoms with Crippen LogP contribution in [0.15, 0.2) is 41.3 Å². The summed E-state index contributed by atoms with van der Waals surface area (Å²) in [5.74, 6) is 0. The Hall–Kier alpha value is -1.55. The van der Waals surface area contributed by atoms with Gasteiger partial charge in [0.25, 0.3) is 10.0 Å². The Balaban J connectivity index is 2.63. The van der Waals surface area contributed by atoms with E-state index in [0.717, 1.165) is 10.8 Å². The van der Waals surface area contributed by atoms with Gasteiger partial charge in [0.05, 0.1) is 10.6 Å². The fraction of sp³-hybridized carbons (Fsp3) is 0. The molecular formula is C10H7NO2S. The van der Waals surface area contributed by atoms with Gasteiger partial charge in [0.1, 0.15) is 0 Å². The molecular weight excluding hydrogens is 198 g/mol. The van der Waals surface area contributed by atoms with Gasteiger partial charge in [-0.3, -0.25) is 4.72 Å². The van der Waals surface area contributed by atoms with E-state index >= 15 is 0 Å². The van der Waals surface area contributed by atoms with Crippen molar-refractivity contribution >= 4 is 26.5 Å². The molecule has 0 atom stereocenters. The summed E-state index contributed by atoms with van der Waals surface area (Å²) >= 11 is 0. The fourth-order valence-electron chi connectivity index (χ4n) is 1.79. The maximum atomic E-state index is 11.6. The number of nitrogens with one attached hydrogen (secondary N) is 1. The predicted octanol–water partition coefficient (Wildman–Crippen LogP) is 1.95. The zero-order valence-corrected chi connectivity index (χ0v) is 8.01. The molecule has 14 heavy (non-hydrogen) atoms. The largest absolute Gasteiger partial charge is 0.279 e. The van der Waals surface area contributed by atoms with Crippen LogP contribution >= 0.6 is 0 Å². The molecule has 0 aromatic heterocycles. The third-order valence-corrected chi connectivity index (χ3v) is 3.84. The molecule has 0 unspecified atom stereocenters. The molecule has 0 saturated heterocycles. The van der Waals surface area contributed by atoms with Crippen LogP contribution in [0.5, 0.6) is 0 Å². The van der Waals surface area contributed by atoms with Gasteiger partial charge in [-0.05, 0) is 12.1 Å². The predicted molar refractivity (Wildman–Crippen MR) is 54.8 cm³/mol. The number of hydrogen-bond acceptors (Lipinski definition) is 2. The first-order valence-corrected chi connectivity index (χ1v) is 5.71. The van der Waals surface area contributed by atoms with E-state index in [1.54, 1.807) is 12.1 Å². The van der Waals surface area contributed by atoms with E-state index in [4.69, 9.17) is 0 Å². The molecule has 0 radical (unpaired) electrons. The van der Waals surface area contributed by atoms with Crippen molar-refractivity contribution < 1.29 is 8.42 Å². The van der Waals surface area contributed by atoms with Crippen molar-refractivity contribution in [2.45, 2.75) is 4.90 Å². The van der Waals surface area contributed by atoms with Crippen LogP contribution < -0.4 is 4.72 Å². The van der Waals surface area contributed by atoms with E-state index in [9.17, 15) is 8.42 Å². The van der Waals surface area contributed by atoms with Gasteiger partial charge in [0.15, 0.2) is 0 Å². The van der Waals surface area contributed by atoms with Crippen molar-refractivity contribution in [1.29, 1.82) is 0 Å². The molecule has 0 saturated carbocycles. The maximum absolute atomic E-state index is 11.6. The molecule has 0 spiro atoms. The first-order valence-electron chi connectivity index (χ1n) is 4.23. The third-order valence-electron chi connectivity index (χ3n) is 2.42. The number of fused-ring (bicyclic) bond motifs is 2. The standard InChI is InChI=1S/C10H7NO2S/c12-14(13)10-6-5-9(11-14)7-3-1-2-4-8(7)10/h1-6,11H. The highest BCUT2D eigenvalue weighted by Crippen LogP contribution is 2.35. The van der Waals surface area contributed by atoms with Crippen LogP contribution in [0.4, 0.5) is 5.69 Å². The zero-order chi connectivity index (χ0) is 9.76. The topological polar surface area (TPSA) is 46.2 Å². The molecule has 70 valence electrons. The lowest BCUT2D eigenvalue weighted by atomic mass is 10.1. The average molecular weight is 205 g/mol. The van der Waals surface area contributed by atoms with E-state index < -0.39 is 10.0 Å². The van der Waals surface area contributed by atoms with Crippen molar-refractivity contribution in [1.82, 2.24) is 0 Å². The lowest BCUT2D eigenvalue weighted by Gasteiger charge is -2.19. The molecule has 4 heteroatoms. The van der Waals surface area contributed by atoms with Crippen LogP contribution in [0.25, 0.3) is 10.8 Å². The molecule has 3 nitrogen and oxygen atoms in total. The van der Waals surface area contributed by atoms with Gasteiger partial charge >= 0.3 is 0 Å². The Bertz CT molecular complexity index is 632. The second-order valence-corrected chi connectivity index (χ2v) is 4.91. The SMILES string of the molecule is O=S1(=O)Nc2ccc1c1ccccc21. The minimum absolute atomic E-state index is 0.364. The second-order valence-electron chi connectivity index (χ2n) is 3.26. The van der Waals surface area contributed by atoms with Crippen LogP contribution in [-0.4, -0.2) is 8.42 Å². The van der Waals surface area contributed by atoms with Gasteiger partial charge in [0.2, 0.25) is 0 Å². The molecule has 0 fully saturated rings. The molecule has 1 N–H and O–H groups in total. The summed E-state index contributed by atoms with van der Waals surface area (Å²) in [5, 5.41) is 1.75. The summed E-state index contributed by atoms with van der Waals surface area (Å²) in [6.45, 7) is 0. The molecule has 4 rings (SSSR count). The van der Waals surface area contributed by atoms with Crippen molar-refractivity contribution in [3.05, 3.63) is 36.4 Å². The van der Waals surface area contributed by atoms with Crippen molar-refractivity contribution in [2.24, 2.45) is 0 Å².